The van der Waals surface area contributed by atoms with Crippen LogP contribution in [0.3, 0.4) is 0 Å². The van der Waals surface area contributed by atoms with Crippen LogP contribution < -0.4 is 20.6 Å². The third-order valence-electron chi connectivity index (χ3n) is 3.90. The Labute approximate surface area is 171 Å². The minimum atomic E-state index is -0.466. The number of aromatic nitrogens is 1. The van der Waals surface area contributed by atoms with Crippen LogP contribution in [-0.4, -0.2) is 23.2 Å². The predicted molar refractivity (Wildman–Crippen MR) is 113 cm³/mol. The number of hydrazone groups is 1. The molecule has 0 aliphatic carbocycles. The van der Waals surface area contributed by atoms with Gasteiger partial charge in [0.2, 0.25) is 5.13 Å². The van der Waals surface area contributed by atoms with Crippen LogP contribution in [0.25, 0.3) is 0 Å². The van der Waals surface area contributed by atoms with Gasteiger partial charge in [-0.1, -0.05) is 6.07 Å². The maximum atomic E-state index is 11.2. The van der Waals surface area contributed by atoms with Gasteiger partial charge in [-0.25, -0.2) is 4.98 Å². The molecule has 150 valence electrons. The van der Waals surface area contributed by atoms with Gasteiger partial charge in [0.25, 0.3) is 0 Å². The molecular weight excluding hydrogens is 394 g/mol. The molecule has 0 bridgehead atoms. The zero-order valence-electron chi connectivity index (χ0n) is 15.8. The Morgan fingerprint density at radius 1 is 1.31 bits per heavy atom. The van der Waals surface area contributed by atoms with Gasteiger partial charge in [-0.05, 0) is 42.3 Å². The van der Waals surface area contributed by atoms with Gasteiger partial charge in [0.15, 0.2) is 5.75 Å². The predicted octanol–water partition coefficient (Wildman–Crippen LogP) is 3.98. The van der Waals surface area contributed by atoms with E-state index < -0.39 is 4.92 Å². The van der Waals surface area contributed by atoms with Crippen molar-refractivity contribution in [3.63, 3.8) is 0 Å². The quantitative estimate of drug-likeness (QED) is 0.325. The normalized spacial score (nSPS) is 10.8. The first-order chi connectivity index (χ1) is 14.0. The molecule has 1 heterocycles. The Kier molecular flexibility index (Phi) is 6.25. The second-order valence-corrected chi connectivity index (χ2v) is 6.89. The maximum absolute atomic E-state index is 11.2. The van der Waals surface area contributed by atoms with Crippen LogP contribution in [0.15, 0.2) is 46.9 Å². The lowest BCUT2D eigenvalue weighted by Crippen LogP contribution is -2.02. The monoisotopic (exact) mass is 413 g/mol. The van der Waals surface area contributed by atoms with E-state index in [0.29, 0.717) is 16.7 Å². The van der Waals surface area contributed by atoms with Crippen molar-refractivity contribution >= 4 is 34.2 Å². The molecule has 0 aliphatic heterocycles. The van der Waals surface area contributed by atoms with Crippen LogP contribution in [0.4, 0.5) is 16.6 Å². The van der Waals surface area contributed by atoms with E-state index in [-0.39, 0.29) is 18.0 Å². The van der Waals surface area contributed by atoms with Gasteiger partial charge in [0, 0.05) is 17.0 Å². The highest BCUT2D eigenvalue weighted by atomic mass is 32.1. The molecule has 2 aromatic carbocycles. The Balaban J connectivity index is 1.75. The van der Waals surface area contributed by atoms with E-state index in [1.165, 1.54) is 17.4 Å². The average Bonchev–Trinajstić information content (AvgIpc) is 3.11. The fraction of sp³-hybridized carbons (Fsp3) is 0.158. The summed E-state index contributed by atoms with van der Waals surface area (Å²) in [5, 5.41) is 17.7. The minimum Gasteiger partial charge on any atom is -0.496 e. The van der Waals surface area contributed by atoms with Gasteiger partial charge < -0.3 is 15.2 Å². The number of nitro groups is 1. The molecule has 0 saturated carbocycles. The number of hydrogen-bond acceptors (Lipinski definition) is 9. The topological polar surface area (TPSA) is 125 Å². The van der Waals surface area contributed by atoms with Crippen LogP contribution in [0.2, 0.25) is 0 Å². The van der Waals surface area contributed by atoms with E-state index in [2.05, 4.69) is 15.5 Å². The largest absolute Gasteiger partial charge is 0.496 e. The maximum Gasteiger partial charge on any atom is 0.310 e. The summed E-state index contributed by atoms with van der Waals surface area (Å²) < 4.78 is 11.1. The lowest BCUT2D eigenvalue weighted by atomic mass is 10.1. The molecule has 3 rings (SSSR count). The van der Waals surface area contributed by atoms with Crippen molar-refractivity contribution in [2.75, 3.05) is 18.3 Å². The lowest BCUT2D eigenvalue weighted by Gasteiger charge is -2.12. The summed E-state index contributed by atoms with van der Waals surface area (Å²) in [5.74, 6) is 1.25. The summed E-state index contributed by atoms with van der Waals surface area (Å²) in [6.07, 6.45) is 1.62. The first kappa shape index (κ1) is 20.1. The third-order valence-corrected chi connectivity index (χ3v) is 4.66. The molecule has 0 unspecified atom stereocenters. The molecule has 0 saturated heterocycles. The SMILES string of the molecule is COc1ccc(C=NNc2nc(N)cs2)cc1COc1cc(C)ccc1[N+](=O)[O-]. The molecule has 9 nitrogen and oxygen atoms in total. The Morgan fingerprint density at radius 3 is 2.83 bits per heavy atom. The fourth-order valence-corrected chi connectivity index (χ4v) is 3.08. The van der Waals surface area contributed by atoms with E-state index in [1.54, 1.807) is 36.9 Å². The minimum absolute atomic E-state index is 0.0841. The van der Waals surface area contributed by atoms with Crippen LogP contribution in [0.5, 0.6) is 11.5 Å². The molecule has 0 aliphatic rings. The number of nitrogen functional groups attached to an aromatic ring is 1. The summed E-state index contributed by atoms with van der Waals surface area (Å²) in [6.45, 7) is 1.95. The number of benzene rings is 2. The molecule has 1 aromatic heterocycles. The molecule has 3 aromatic rings. The fourth-order valence-electron chi connectivity index (χ4n) is 2.53. The number of thiazole rings is 1. The number of nitrogens with two attached hydrogens (primary N) is 1. The number of methoxy groups -OCH3 is 1. The highest BCUT2D eigenvalue weighted by molar-refractivity contribution is 7.14. The zero-order valence-corrected chi connectivity index (χ0v) is 16.6. The highest BCUT2D eigenvalue weighted by Gasteiger charge is 2.16. The molecule has 3 N–H and O–H groups in total. The molecule has 0 amide bonds. The summed E-state index contributed by atoms with van der Waals surface area (Å²) in [4.78, 5) is 14.8. The van der Waals surface area contributed by atoms with E-state index >= 15 is 0 Å². The second kappa shape index (κ2) is 9.02. The number of aryl methyl sites for hydroxylation is 1. The molecular formula is C19H19N5O4S. The van der Waals surface area contributed by atoms with Gasteiger partial charge >= 0.3 is 5.69 Å². The van der Waals surface area contributed by atoms with Crippen molar-refractivity contribution in [1.82, 2.24) is 4.98 Å². The standard InChI is InChI=1S/C19H19N5O4S/c1-12-3-5-15(24(25)26)17(7-12)28-10-14-8-13(4-6-16(14)27-2)9-21-23-19-22-18(20)11-29-19/h3-9,11H,10,20H2,1-2H3,(H,22,23). The summed E-state index contributed by atoms with van der Waals surface area (Å²) in [7, 11) is 1.55. The smallest absolute Gasteiger partial charge is 0.310 e. The number of nitrogens with one attached hydrogen (secondary N) is 1. The van der Waals surface area contributed by atoms with Crippen LogP contribution in [-0.2, 0) is 6.61 Å². The van der Waals surface area contributed by atoms with Crippen molar-refractivity contribution in [2.24, 2.45) is 5.10 Å². The van der Waals surface area contributed by atoms with Gasteiger partial charge in [-0.3, -0.25) is 15.5 Å². The van der Waals surface area contributed by atoms with Crippen molar-refractivity contribution in [2.45, 2.75) is 13.5 Å². The van der Waals surface area contributed by atoms with E-state index in [0.717, 1.165) is 16.7 Å². The molecule has 0 spiro atoms. The number of rotatable bonds is 8. The van der Waals surface area contributed by atoms with Crippen LogP contribution in [0.1, 0.15) is 16.7 Å². The highest BCUT2D eigenvalue weighted by Crippen LogP contribution is 2.30. The van der Waals surface area contributed by atoms with Crippen LogP contribution in [0, 0.1) is 17.0 Å². The van der Waals surface area contributed by atoms with Gasteiger partial charge in [0.05, 0.1) is 18.2 Å². The number of hydrogen-bond donors (Lipinski definition) is 2. The van der Waals surface area contributed by atoms with E-state index in [9.17, 15) is 10.1 Å². The molecule has 0 fully saturated rings. The number of nitrogens with zero attached hydrogens (tertiary/aromatic N) is 3. The van der Waals surface area contributed by atoms with Gasteiger partial charge in [-0.15, -0.1) is 11.3 Å². The van der Waals surface area contributed by atoms with Crippen molar-refractivity contribution < 1.29 is 14.4 Å². The second-order valence-electron chi connectivity index (χ2n) is 6.04. The van der Waals surface area contributed by atoms with Crippen LogP contribution >= 0.6 is 11.3 Å². The van der Waals surface area contributed by atoms with Gasteiger partial charge in [0.1, 0.15) is 18.2 Å². The van der Waals surface area contributed by atoms with Crippen molar-refractivity contribution in [3.05, 3.63) is 68.6 Å². The molecule has 0 atom stereocenters. The zero-order chi connectivity index (χ0) is 20.8. The lowest BCUT2D eigenvalue weighted by molar-refractivity contribution is -0.386. The first-order valence-corrected chi connectivity index (χ1v) is 9.39. The molecule has 0 radical (unpaired) electrons. The van der Waals surface area contributed by atoms with E-state index in [4.69, 9.17) is 15.2 Å². The van der Waals surface area contributed by atoms with Gasteiger partial charge in [-0.2, -0.15) is 5.10 Å². The third kappa shape index (κ3) is 5.20. The average molecular weight is 413 g/mol. The molecule has 29 heavy (non-hydrogen) atoms. The van der Waals surface area contributed by atoms with Crippen molar-refractivity contribution in [3.8, 4) is 11.5 Å². The molecule has 10 heteroatoms. The number of ether oxygens (including phenoxy) is 2. The summed E-state index contributed by atoms with van der Waals surface area (Å²) in [6, 6.07) is 10.2. The first-order valence-electron chi connectivity index (χ1n) is 8.51. The Morgan fingerprint density at radius 2 is 2.14 bits per heavy atom. The van der Waals surface area contributed by atoms with Crippen molar-refractivity contribution in [1.29, 1.82) is 0 Å². The summed E-state index contributed by atoms with van der Waals surface area (Å²) >= 11 is 1.35. The number of nitro benzene ring substituents is 1. The Hall–Kier alpha value is -3.66. The van der Waals surface area contributed by atoms with E-state index in [1.807, 2.05) is 19.1 Å². The number of anilines is 2. The Bertz CT molecular complexity index is 1050. The summed E-state index contributed by atoms with van der Waals surface area (Å²) in [5.41, 5.74) is 10.7.